The van der Waals surface area contributed by atoms with Gasteiger partial charge in [-0.15, -0.1) is 0 Å². The van der Waals surface area contributed by atoms with Crippen LogP contribution in [0.3, 0.4) is 0 Å². The Labute approximate surface area is 126 Å². The standard InChI is InChI=1S/C14H27N5O2/c1-2-3-12(13(15)16)17-4-6-18(7-5-17)14(20)19-8-10-21-11-9-19/h12H,2-11H2,1H3,(H3,15,16). The minimum absolute atomic E-state index is 0.0237. The number of piperazine rings is 1. The lowest BCUT2D eigenvalue weighted by Crippen LogP contribution is -2.58. The van der Waals surface area contributed by atoms with Crippen molar-refractivity contribution in [2.24, 2.45) is 5.73 Å². The molecule has 1 unspecified atom stereocenters. The Hall–Kier alpha value is -1.34. The van der Waals surface area contributed by atoms with E-state index in [1.165, 1.54) is 0 Å². The average Bonchev–Trinajstić information content (AvgIpc) is 2.53. The molecule has 7 nitrogen and oxygen atoms in total. The smallest absolute Gasteiger partial charge is 0.320 e. The lowest BCUT2D eigenvalue weighted by atomic mass is 10.1. The zero-order valence-corrected chi connectivity index (χ0v) is 12.9. The van der Waals surface area contributed by atoms with Crippen LogP contribution in [-0.2, 0) is 4.74 Å². The van der Waals surface area contributed by atoms with Crippen molar-refractivity contribution in [2.75, 3.05) is 52.5 Å². The number of nitrogens with two attached hydrogens (primary N) is 1. The number of nitrogens with zero attached hydrogens (tertiary/aromatic N) is 3. The maximum Gasteiger partial charge on any atom is 0.320 e. The lowest BCUT2D eigenvalue weighted by molar-refractivity contribution is 0.0364. The molecule has 21 heavy (non-hydrogen) atoms. The van der Waals surface area contributed by atoms with Crippen molar-refractivity contribution in [2.45, 2.75) is 25.8 Å². The molecule has 0 aliphatic carbocycles. The van der Waals surface area contributed by atoms with E-state index >= 15 is 0 Å². The van der Waals surface area contributed by atoms with Gasteiger partial charge < -0.3 is 20.3 Å². The first-order valence-corrected chi connectivity index (χ1v) is 7.83. The molecule has 0 aromatic rings. The second kappa shape index (κ2) is 7.61. The van der Waals surface area contributed by atoms with E-state index in [-0.39, 0.29) is 17.9 Å². The van der Waals surface area contributed by atoms with Gasteiger partial charge in [-0.3, -0.25) is 10.3 Å². The van der Waals surface area contributed by atoms with Crippen molar-refractivity contribution in [1.82, 2.24) is 14.7 Å². The summed E-state index contributed by atoms with van der Waals surface area (Å²) in [7, 11) is 0. The molecule has 0 spiro atoms. The molecule has 120 valence electrons. The fraction of sp³-hybridized carbons (Fsp3) is 0.857. The Kier molecular flexibility index (Phi) is 5.81. The van der Waals surface area contributed by atoms with E-state index in [1.54, 1.807) is 0 Å². The van der Waals surface area contributed by atoms with Gasteiger partial charge in [0, 0.05) is 39.3 Å². The highest BCUT2D eigenvalue weighted by Crippen LogP contribution is 2.13. The summed E-state index contributed by atoms with van der Waals surface area (Å²) in [6.45, 7) is 7.75. The van der Waals surface area contributed by atoms with Crippen LogP contribution in [0.25, 0.3) is 0 Å². The maximum absolute atomic E-state index is 12.4. The summed E-state index contributed by atoms with van der Waals surface area (Å²) in [5, 5.41) is 7.72. The summed E-state index contributed by atoms with van der Waals surface area (Å²) in [4.78, 5) is 18.4. The number of morpholine rings is 1. The third kappa shape index (κ3) is 4.07. The van der Waals surface area contributed by atoms with E-state index < -0.39 is 0 Å². The van der Waals surface area contributed by atoms with Gasteiger partial charge in [0.2, 0.25) is 0 Å². The molecule has 2 aliphatic rings. The van der Waals surface area contributed by atoms with Crippen LogP contribution >= 0.6 is 0 Å². The van der Waals surface area contributed by atoms with Gasteiger partial charge in [-0.25, -0.2) is 4.79 Å². The van der Waals surface area contributed by atoms with Crippen LogP contribution in [0.1, 0.15) is 19.8 Å². The molecule has 7 heteroatoms. The molecule has 1 atom stereocenters. The zero-order valence-electron chi connectivity index (χ0n) is 12.9. The summed E-state index contributed by atoms with van der Waals surface area (Å²) < 4.78 is 5.28. The monoisotopic (exact) mass is 297 g/mol. The number of hydrogen-bond donors (Lipinski definition) is 2. The third-order valence-electron chi connectivity index (χ3n) is 4.23. The molecule has 3 N–H and O–H groups in total. The number of ether oxygens (including phenoxy) is 1. The minimum Gasteiger partial charge on any atom is -0.386 e. The van der Waals surface area contributed by atoms with Crippen molar-refractivity contribution < 1.29 is 9.53 Å². The van der Waals surface area contributed by atoms with Gasteiger partial charge in [0.1, 0.15) is 5.84 Å². The second-order valence-electron chi connectivity index (χ2n) is 5.66. The van der Waals surface area contributed by atoms with Gasteiger partial charge in [-0.05, 0) is 6.42 Å². The molecule has 2 saturated heterocycles. The Morgan fingerprint density at radius 1 is 1.14 bits per heavy atom. The first-order chi connectivity index (χ1) is 10.1. The Balaban J connectivity index is 1.84. The predicted molar refractivity (Wildman–Crippen MR) is 81.5 cm³/mol. The van der Waals surface area contributed by atoms with Crippen LogP contribution in [-0.4, -0.2) is 85.1 Å². The molecule has 2 aliphatic heterocycles. The molecule has 0 bridgehead atoms. The third-order valence-corrected chi connectivity index (χ3v) is 4.23. The van der Waals surface area contributed by atoms with Crippen molar-refractivity contribution >= 4 is 11.9 Å². The Morgan fingerprint density at radius 2 is 1.71 bits per heavy atom. The molecule has 0 saturated carbocycles. The highest BCUT2D eigenvalue weighted by molar-refractivity contribution is 5.82. The molecule has 2 fully saturated rings. The Morgan fingerprint density at radius 3 is 2.24 bits per heavy atom. The molecule has 0 aromatic carbocycles. The summed E-state index contributed by atoms with van der Waals surface area (Å²) in [5.41, 5.74) is 5.70. The molecule has 2 rings (SSSR count). The number of carbonyl (C=O) groups excluding carboxylic acids is 1. The quantitative estimate of drug-likeness (QED) is 0.572. The number of nitrogens with one attached hydrogen (secondary N) is 1. The highest BCUT2D eigenvalue weighted by Gasteiger charge is 2.29. The van der Waals surface area contributed by atoms with Gasteiger partial charge in [-0.2, -0.15) is 0 Å². The van der Waals surface area contributed by atoms with E-state index in [4.69, 9.17) is 15.9 Å². The van der Waals surface area contributed by atoms with Gasteiger partial charge >= 0.3 is 6.03 Å². The van der Waals surface area contributed by atoms with Crippen molar-refractivity contribution in [3.05, 3.63) is 0 Å². The van der Waals surface area contributed by atoms with Gasteiger partial charge in [0.15, 0.2) is 0 Å². The minimum atomic E-state index is 0.0237. The summed E-state index contributed by atoms with van der Waals surface area (Å²) in [5.74, 6) is 0.241. The summed E-state index contributed by atoms with van der Waals surface area (Å²) in [6, 6.07) is 0.142. The first kappa shape index (κ1) is 16.0. The van der Waals surface area contributed by atoms with E-state index in [9.17, 15) is 4.79 Å². The van der Waals surface area contributed by atoms with Gasteiger partial charge in [-0.1, -0.05) is 13.3 Å². The van der Waals surface area contributed by atoms with Crippen LogP contribution in [0, 0.1) is 5.41 Å². The topological polar surface area (TPSA) is 85.9 Å². The van der Waals surface area contributed by atoms with Crippen molar-refractivity contribution in [3.63, 3.8) is 0 Å². The number of amides is 2. The number of carbonyl (C=O) groups is 1. The Bertz CT molecular complexity index is 362. The first-order valence-electron chi connectivity index (χ1n) is 7.83. The van der Waals surface area contributed by atoms with E-state index in [0.717, 1.165) is 25.9 Å². The van der Waals surface area contributed by atoms with Crippen LogP contribution in [0.15, 0.2) is 0 Å². The molecule has 0 aromatic heterocycles. The lowest BCUT2D eigenvalue weighted by Gasteiger charge is -2.41. The second-order valence-corrected chi connectivity index (χ2v) is 5.66. The number of rotatable bonds is 4. The van der Waals surface area contributed by atoms with Crippen LogP contribution < -0.4 is 5.73 Å². The molecule has 0 radical (unpaired) electrons. The van der Waals surface area contributed by atoms with Gasteiger partial charge in [0.25, 0.3) is 0 Å². The SMILES string of the molecule is CCCC(C(=N)N)N1CCN(C(=O)N2CCOCC2)CC1. The zero-order chi connectivity index (χ0) is 15.2. The van der Waals surface area contributed by atoms with Crippen LogP contribution in [0.2, 0.25) is 0 Å². The molecule has 2 heterocycles. The number of amidine groups is 1. The summed E-state index contributed by atoms with van der Waals surface area (Å²) >= 11 is 0. The molecule has 2 amide bonds. The van der Waals surface area contributed by atoms with Crippen LogP contribution in [0.5, 0.6) is 0 Å². The van der Waals surface area contributed by atoms with E-state index in [1.807, 2.05) is 9.80 Å². The number of hydrogen-bond acceptors (Lipinski definition) is 4. The van der Waals surface area contributed by atoms with Crippen molar-refractivity contribution in [3.8, 4) is 0 Å². The average molecular weight is 297 g/mol. The fourth-order valence-electron chi connectivity index (χ4n) is 2.99. The van der Waals surface area contributed by atoms with Gasteiger partial charge in [0.05, 0.1) is 19.3 Å². The predicted octanol–water partition coefficient (Wildman–Crippen LogP) is 0.161. The summed E-state index contributed by atoms with van der Waals surface area (Å²) in [6.07, 6.45) is 1.92. The molecular weight excluding hydrogens is 270 g/mol. The number of urea groups is 1. The fourth-order valence-corrected chi connectivity index (χ4v) is 2.99. The van der Waals surface area contributed by atoms with E-state index in [0.29, 0.717) is 39.4 Å². The van der Waals surface area contributed by atoms with Crippen LogP contribution in [0.4, 0.5) is 4.79 Å². The maximum atomic E-state index is 12.4. The largest absolute Gasteiger partial charge is 0.386 e. The van der Waals surface area contributed by atoms with E-state index in [2.05, 4.69) is 11.8 Å². The normalized spacial score (nSPS) is 22.1. The highest BCUT2D eigenvalue weighted by atomic mass is 16.5. The van der Waals surface area contributed by atoms with Crippen molar-refractivity contribution in [1.29, 1.82) is 5.41 Å². The molecular formula is C14H27N5O2.